The molecule has 4 heteroatoms. The minimum Gasteiger partial charge on any atom is -0.291 e. The molecule has 0 radical (unpaired) electrons. The molecule has 10 aromatic rings. The van der Waals surface area contributed by atoms with E-state index in [2.05, 4.69) is 132 Å². The van der Waals surface area contributed by atoms with Gasteiger partial charge in [0.15, 0.2) is 5.65 Å². The second-order valence-electron chi connectivity index (χ2n) is 11.4. The lowest BCUT2D eigenvalue weighted by Gasteiger charge is -2.12. The van der Waals surface area contributed by atoms with Crippen molar-refractivity contribution in [1.29, 1.82) is 0 Å². The molecule has 0 bridgehead atoms. The van der Waals surface area contributed by atoms with Gasteiger partial charge in [-0.25, -0.2) is 4.98 Å². The van der Waals surface area contributed by atoms with Gasteiger partial charge in [-0.05, 0) is 63.2 Å². The standard InChI is InChI=1S/C40H23N3S/c1-2-9-29-24(7-1)19-21-36-37(29)32-23-35(43-34-13-4-3-12-33(34)42-40(43)39(32)44-36)26-16-14-25(15-17-26)28-10-5-11-31-30(28)20-18-27-8-6-22-41-38(27)31/h1-23H. The number of thiophene rings is 1. The van der Waals surface area contributed by atoms with Crippen LogP contribution >= 0.6 is 11.3 Å². The average Bonchev–Trinajstić information content (AvgIpc) is 3.67. The van der Waals surface area contributed by atoms with Crippen molar-refractivity contribution in [2.24, 2.45) is 0 Å². The van der Waals surface area contributed by atoms with E-state index in [1.165, 1.54) is 52.8 Å². The zero-order chi connectivity index (χ0) is 28.8. The van der Waals surface area contributed by atoms with E-state index >= 15 is 0 Å². The van der Waals surface area contributed by atoms with Crippen molar-refractivity contribution in [2.75, 3.05) is 0 Å². The fourth-order valence-electron chi connectivity index (χ4n) is 7.01. The van der Waals surface area contributed by atoms with E-state index in [0.717, 1.165) is 38.8 Å². The predicted molar refractivity (Wildman–Crippen MR) is 187 cm³/mol. The molecule has 4 heterocycles. The number of nitrogens with zero attached hydrogens (tertiary/aromatic N) is 3. The van der Waals surface area contributed by atoms with Crippen LogP contribution in [0.2, 0.25) is 0 Å². The molecule has 0 saturated carbocycles. The van der Waals surface area contributed by atoms with Crippen LogP contribution in [0.5, 0.6) is 0 Å². The summed E-state index contributed by atoms with van der Waals surface area (Å²) in [6.45, 7) is 0. The molecule has 0 aliphatic heterocycles. The van der Waals surface area contributed by atoms with Gasteiger partial charge in [0.05, 0.1) is 26.9 Å². The average molecular weight is 578 g/mol. The Morgan fingerprint density at radius 1 is 0.568 bits per heavy atom. The topological polar surface area (TPSA) is 30.2 Å². The van der Waals surface area contributed by atoms with Crippen LogP contribution in [0.25, 0.3) is 91.7 Å². The zero-order valence-electron chi connectivity index (χ0n) is 23.5. The zero-order valence-corrected chi connectivity index (χ0v) is 24.3. The summed E-state index contributed by atoms with van der Waals surface area (Å²) in [7, 11) is 0. The molecular formula is C40H23N3S. The fraction of sp³-hybridized carbons (Fsp3) is 0. The number of para-hydroxylation sites is 2. The maximum Gasteiger partial charge on any atom is 0.156 e. The Bertz CT molecular complexity index is 2770. The Labute approximate surface area is 256 Å². The molecule has 0 aliphatic carbocycles. The van der Waals surface area contributed by atoms with Gasteiger partial charge >= 0.3 is 0 Å². The van der Waals surface area contributed by atoms with Crippen LogP contribution in [-0.2, 0) is 0 Å². The highest BCUT2D eigenvalue weighted by molar-refractivity contribution is 7.26. The fourth-order valence-corrected chi connectivity index (χ4v) is 8.18. The molecule has 4 aromatic heterocycles. The quantitative estimate of drug-likeness (QED) is 0.191. The summed E-state index contributed by atoms with van der Waals surface area (Å²) in [5.74, 6) is 0. The normalized spacial score (nSPS) is 12.1. The van der Waals surface area contributed by atoms with E-state index < -0.39 is 0 Å². The Hall–Kier alpha value is -5.58. The van der Waals surface area contributed by atoms with Crippen molar-refractivity contribution < 1.29 is 0 Å². The minimum atomic E-state index is 1.01. The van der Waals surface area contributed by atoms with E-state index in [-0.39, 0.29) is 0 Å². The van der Waals surface area contributed by atoms with Crippen LogP contribution in [-0.4, -0.2) is 14.4 Å². The summed E-state index contributed by atoms with van der Waals surface area (Å²) in [6, 6.07) is 48.1. The molecule has 0 saturated heterocycles. The lowest BCUT2D eigenvalue weighted by Crippen LogP contribution is -1.93. The molecule has 0 atom stereocenters. The van der Waals surface area contributed by atoms with Gasteiger partial charge in [0.1, 0.15) is 0 Å². The summed E-state index contributed by atoms with van der Waals surface area (Å²) in [4.78, 5) is 9.90. The van der Waals surface area contributed by atoms with E-state index in [0.29, 0.717) is 0 Å². The number of fused-ring (bicyclic) bond motifs is 12. The third-order valence-corrected chi connectivity index (χ3v) is 10.2. The number of hydrogen-bond donors (Lipinski definition) is 0. The van der Waals surface area contributed by atoms with Crippen LogP contribution < -0.4 is 0 Å². The first-order valence-corrected chi connectivity index (χ1v) is 15.6. The molecule has 6 aromatic carbocycles. The molecule has 0 aliphatic rings. The molecule has 10 rings (SSSR count). The molecule has 0 amide bonds. The minimum absolute atomic E-state index is 1.01. The molecule has 0 unspecified atom stereocenters. The smallest absolute Gasteiger partial charge is 0.156 e. The summed E-state index contributed by atoms with van der Waals surface area (Å²) >= 11 is 1.84. The van der Waals surface area contributed by atoms with Gasteiger partial charge in [0.25, 0.3) is 0 Å². The van der Waals surface area contributed by atoms with E-state index in [1.807, 2.05) is 23.6 Å². The van der Waals surface area contributed by atoms with Crippen molar-refractivity contribution in [3.8, 4) is 22.4 Å². The second-order valence-corrected chi connectivity index (χ2v) is 12.5. The molecule has 0 N–H and O–H groups in total. The van der Waals surface area contributed by atoms with E-state index in [1.54, 1.807) is 0 Å². The first-order valence-electron chi connectivity index (χ1n) is 14.8. The second kappa shape index (κ2) is 8.96. The van der Waals surface area contributed by atoms with Crippen molar-refractivity contribution in [1.82, 2.24) is 14.4 Å². The van der Waals surface area contributed by atoms with Crippen LogP contribution in [0, 0.1) is 0 Å². The Balaban J connectivity index is 1.23. The number of rotatable bonds is 2. The van der Waals surface area contributed by atoms with E-state index in [9.17, 15) is 0 Å². The third-order valence-electron chi connectivity index (χ3n) is 9.02. The number of imidazole rings is 1. The van der Waals surface area contributed by atoms with Crippen LogP contribution in [0.3, 0.4) is 0 Å². The third kappa shape index (κ3) is 3.31. The molecule has 3 nitrogen and oxygen atoms in total. The first-order chi connectivity index (χ1) is 21.8. The number of hydrogen-bond acceptors (Lipinski definition) is 3. The van der Waals surface area contributed by atoms with Gasteiger partial charge in [-0.3, -0.25) is 9.38 Å². The van der Waals surface area contributed by atoms with Crippen LogP contribution in [0.1, 0.15) is 0 Å². The SMILES string of the molecule is c1ccc2c(c1)ccc1sc3c(cc(-c4ccc(-c5cccc6c5ccc5cccnc56)cc4)n4c5ccccc5nc34)c12. The molecule has 0 fully saturated rings. The Morgan fingerprint density at radius 3 is 2.32 bits per heavy atom. The lowest BCUT2D eigenvalue weighted by atomic mass is 9.95. The van der Waals surface area contributed by atoms with Gasteiger partial charge in [-0.15, -0.1) is 11.3 Å². The molecular weight excluding hydrogens is 555 g/mol. The van der Waals surface area contributed by atoms with Gasteiger partial charge in [0.2, 0.25) is 0 Å². The lowest BCUT2D eigenvalue weighted by molar-refractivity contribution is 1.25. The van der Waals surface area contributed by atoms with Gasteiger partial charge in [0, 0.05) is 32.4 Å². The van der Waals surface area contributed by atoms with Gasteiger partial charge in [-0.2, -0.15) is 0 Å². The summed E-state index contributed by atoms with van der Waals surface area (Å²) in [5.41, 5.74) is 8.91. The molecule has 0 spiro atoms. The highest BCUT2D eigenvalue weighted by Crippen LogP contribution is 2.43. The molecule has 204 valence electrons. The van der Waals surface area contributed by atoms with E-state index in [4.69, 9.17) is 9.97 Å². The molecule has 44 heavy (non-hydrogen) atoms. The van der Waals surface area contributed by atoms with Crippen LogP contribution in [0.15, 0.2) is 140 Å². The Kier molecular flexibility index (Phi) is 4.87. The maximum absolute atomic E-state index is 5.20. The summed E-state index contributed by atoms with van der Waals surface area (Å²) in [6.07, 6.45) is 1.88. The highest BCUT2D eigenvalue weighted by atomic mass is 32.1. The highest BCUT2D eigenvalue weighted by Gasteiger charge is 2.19. The van der Waals surface area contributed by atoms with Gasteiger partial charge < -0.3 is 0 Å². The monoisotopic (exact) mass is 577 g/mol. The van der Waals surface area contributed by atoms with Crippen molar-refractivity contribution >= 4 is 80.6 Å². The van der Waals surface area contributed by atoms with Gasteiger partial charge in [-0.1, -0.05) is 103 Å². The maximum atomic E-state index is 5.20. The predicted octanol–water partition coefficient (Wildman–Crippen LogP) is 11.0. The largest absolute Gasteiger partial charge is 0.291 e. The summed E-state index contributed by atoms with van der Waals surface area (Å²) < 4.78 is 4.86. The number of pyridine rings is 2. The number of aromatic nitrogens is 3. The first kappa shape index (κ1) is 23.9. The summed E-state index contributed by atoms with van der Waals surface area (Å²) in [5, 5.41) is 8.68. The van der Waals surface area contributed by atoms with Crippen molar-refractivity contribution in [3.63, 3.8) is 0 Å². The Morgan fingerprint density at radius 2 is 1.36 bits per heavy atom. The van der Waals surface area contributed by atoms with Crippen molar-refractivity contribution in [3.05, 3.63) is 140 Å². The van der Waals surface area contributed by atoms with Crippen molar-refractivity contribution in [2.45, 2.75) is 0 Å². The number of benzene rings is 6. The van der Waals surface area contributed by atoms with Crippen LogP contribution in [0.4, 0.5) is 0 Å².